The summed E-state index contributed by atoms with van der Waals surface area (Å²) in [7, 11) is 0. The number of anilines is 6. The Hall–Kier alpha value is -15.4. The quantitative estimate of drug-likeness (QED) is 0.102. The van der Waals surface area contributed by atoms with E-state index in [4.69, 9.17) is 8.83 Å². The van der Waals surface area contributed by atoms with Gasteiger partial charge in [0.25, 0.3) is 0 Å². The minimum Gasteiger partial charge on any atom is -0.455 e. The van der Waals surface area contributed by atoms with E-state index in [2.05, 4.69) is 422 Å². The maximum Gasteiger partial charge on any atom is 0.143 e. The second kappa shape index (κ2) is 28.4. The molecule has 2 aromatic heterocycles. The number of para-hydroxylation sites is 4. The van der Waals surface area contributed by atoms with Crippen LogP contribution in [0, 0.1) is 0 Å². The Labute approximate surface area is 672 Å². The highest BCUT2D eigenvalue weighted by molar-refractivity contribution is 6.12. The van der Waals surface area contributed by atoms with Crippen LogP contribution >= 0.6 is 0 Å². The molecule has 22 rings (SSSR count). The third kappa shape index (κ3) is 12.0. The van der Waals surface area contributed by atoms with E-state index in [0.717, 1.165) is 128 Å². The van der Waals surface area contributed by atoms with Crippen molar-refractivity contribution in [3.63, 3.8) is 0 Å². The van der Waals surface area contributed by atoms with E-state index in [9.17, 15) is 0 Å². The zero-order chi connectivity index (χ0) is 76.6. The molecule has 0 aliphatic carbocycles. The lowest BCUT2D eigenvalue weighted by atomic mass is 9.90. The van der Waals surface area contributed by atoms with Crippen LogP contribution in [-0.4, -0.2) is 0 Å². The second-order valence-corrected chi connectivity index (χ2v) is 30.2. The first-order valence-electron chi connectivity index (χ1n) is 39.7. The lowest BCUT2D eigenvalue weighted by molar-refractivity contribution is 0.669. The number of rotatable bonds is 15. The van der Waals surface area contributed by atoms with Crippen molar-refractivity contribution in [2.24, 2.45) is 0 Å². The monoisotopic (exact) mass is 1480 g/mol. The van der Waals surface area contributed by atoms with Gasteiger partial charge in [-0.3, -0.25) is 0 Å². The summed E-state index contributed by atoms with van der Waals surface area (Å²) in [6.45, 7) is 0. The van der Waals surface area contributed by atoms with E-state index >= 15 is 0 Å². The Kier molecular flexibility index (Phi) is 16.6. The SMILES string of the molecule is c1cc(-c2ccc(N(c3ccc(-c4ccc(-c5ccc6cc(-c7ccccc7-c7cccc(N(c8ccc(-c9cccc%10ccccc9%10)cc8)c8ccc(-c9cccc%10c9oc9ccccc9%10)cc8)c7)ccc6c5)c5ccccc45)cc3)c3ccc(-c4cccc5c4oc4ccccc45)cc3)cc2)cc(-c2cccc3ccccc23)c1. The van der Waals surface area contributed by atoms with Crippen molar-refractivity contribution in [2.75, 3.05) is 9.80 Å². The summed E-state index contributed by atoms with van der Waals surface area (Å²) in [6.07, 6.45) is 0. The summed E-state index contributed by atoms with van der Waals surface area (Å²) < 4.78 is 13.1. The van der Waals surface area contributed by atoms with Gasteiger partial charge in [-0.2, -0.15) is 0 Å². The van der Waals surface area contributed by atoms with E-state index < -0.39 is 0 Å². The molecule has 0 bridgehead atoms. The van der Waals surface area contributed by atoms with Crippen molar-refractivity contribution in [3.05, 3.63) is 437 Å². The smallest absolute Gasteiger partial charge is 0.143 e. The summed E-state index contributed by atoms with van der Waals surface area (Å²) >= 11 is 0. The minimum atomic E-state index is 0.891. The van der Waals surface area contributed by atoms with Gasteiger partial charge in [-0.1, -0.05) is 334 Å². The molecule has 20 aromatic carbocycles. The van der Waals surface area contributed by atoms with Crippen molar-refractivity contribution >= 4 is 121 Å². The average molecular weight is 1480 g/mol. The molecule has 542 valence electrons. The first-order valence-corrected chi connectivity index (χ1v) is 39.7. The topological polar surface area (TPSA) is 32.8 Å². The highest BCUT2D eigenvalue weighted by Crippen LogP contribution is 2.47. The summed E-state index contributed by atoms with van der Waals surface area (Å²) in [5.41, 5.74) is 30.6. The number of fused-ring (bicyclic) bond motifs is 10. The Bertz CT molecular complexity index is 7550. The van der Waals surface area contributed by atoms with Crippen molar-refractivity contribution in [1.29, 1.82) is 0 Å². The van der Waals surface area contributed by atoms with Gasteiger partial charge in [0, 0.05) is 66.8 Å². The van der Waals surface area contributed by atoms with E-state index in [1.165, 1.54) is 93.2 Å². The number of benzene rings is 20. The van der Waals surface area contributed by atoms with E-state index in [1.54, 1.807) is 0 Å². The second-order valence-electron chi connectivity index (χ2n) is 30.2. The van der Waals surface area contributed by atoms with Crippen LogP contribution in [0.2, 0.25) is 0 Å². The van der Waals surface area contributed by atoms with Gasteiger partial charge in [0.15, 0.2) is 0 Å². The molecule has 0 fully saturated rings. The van der Waals surface area contributed by atoms with E-state index in [1.807, 2.05) is 24.3 Å². The zero-order valence-electron chi connectivity index (χ0n) is 63.3. The fourth-order valence-corrected chi connectivity index (χ4v) is 17.8. The first-order chi connectivity index (χ1) is 57.5. The third-order valence-corrected chi connectivity index (χ3v) is 23.5. The van der Waals surface area contributed by atoms with E-state index in [-0.39, 0.29) is 0 Å². The van der Waals surface area contributed by atoms with Crippen molar-refractivity contribution < 1.29 is 8.83 Å². The van der Waals surface area contributed by atoms with Crippen LogP contribution in [0.5, 0.6) is 0 Å². The van der Waals surface area contributed by atoms with Gasteiger partial charge in [-0.15, -0.1) is 0 Å². The largest absolute Gasteiger partial charge is 0.455 e. The minimum absolute atomic E-state index is 0.891. The number of nitrogens with zero attached hydrogens (tertiary/aromatic N) is 2. The fourth-order valence-electron chi connectivity index (χ4n) is 17.8. The molecule has 2 heterocycles. The molecule has 0 aliphatic rings. The van der Waals surface area contributed by atoms with Crippen LogP contribution in [0.4, 0.5) is 34.1 Å². The standard InChI is InChI=1S/C112H72N2O2/c1-3-27-93-74(19-1)21-15-35-95(93)76-49-61-90(62-50-76)114(91-65-55-79(56-66-91)102-38-18-40-108-106-34-10-12-42-110(106)116-112(102)108)92-26-14-25-84(72-92)96-29-5-6-30-97(96)85-45-43-82-71-86(46-44-81(82)70-85)100-68-67-99(103-31-7-8-32-104(100)103)77-51-59-88(60-52-77)113(89-63-53-78(54-64-89)101-37-17-39-107-105-33-9-11-41-109(105)115-111(101)107)87-57-47-73(48-58-87)80-23-13-24-83(69-80)98-36-16-22-75-20-2-4-28-94(75)98/h1-72H. The molecule has 0 spiro atoms. The molecule has 0 atom stereocenters. The van der Waals surface area contributed by atoms with Crippen LogP contribution in [0.25, 0.3) is 187 Å². The summed E-state index contributed by atoms with van der Waals surface area (Å²) in [5.74, 6) is 0. The molecule has 4 nitrogen and oxygen atoms in total. The molecule has 0 N–H and O–H groups in total. The number of furan rings is 2. The lowest BCUT2D eigenvalue weighted by Crippen LogP contribution is -2.10. The third-order valence-electron chi connectivity index (χ3n) is 23.5. The zero-order valence-corrected chi connectivity index (χ0v) is 63.3. The Balaban J connectivity index is 0.567. The highest BCUT2D eigenvalue weighted by atomic mass is 16.3. The Morgan fingerprint density at radius 1 is 0.138 bits per heavy atom. The molecular weight excluding hydrogens is 1410 g/mol. The van der Waals surface area contributed by atoms with Gasteiger partial charge < -0.3 is 18.6 Å². The number of hydrogen-bond acceptors (Lipinski definition) is 4. The first kappa shape index (κ1) is 67.5. The van der Waals surface area contributed by atoms with Crippen molar-refractivity contribution in [3.8, 4) is 100 Å². The van der Waals surface area contributed by atoms with Crippen LogP contribution in [0.3, 0.4) is 0 Å². The van der Waals surface area contributed by atoms with Crippen LogP contribution < -0.4 is 9.80 Å². The van der Waals surface area contributed by atoms with Gasteiger partial charge in [0.05, 0.1) is 0 Å². The molecule has 0 amide bonds. The fraction of sp³-hybridized carbons (Fsp3) is 0. The van der Waals surface area contributed by atoms with Gasteiger partial charge in [0.1, 0.15) is 22.3 Å². The molecule has 0 radical (unpaired) electrons. The highest BCUT2D eigenvalue weighted by Gasteiger charge is 2.22. The molecule has 116 heavy (non-hydrogen) atoms. The Morgan fingerprint density at radius 3 is 0.922 bits per heavy atom. The van der Waals surface area contributed by atoms with Crippen LogP contribution in [0.1, 0.15) is 0 Å². The Morgan fingerprint density at radius 2 is 0.431 bits per heavy atom. The molecule has 0 saturated heterocycles. The summed E-state index contributed by atoms with van der Waals surface area (Å²) in [5, 5.41) is 14.2. The summed E-state index contributed by atoms with van der Waals surface area (Å²) in [6, 6.07) is 159. The van der Waals surface area contributed by atoms with Gasteiger partial charge in [0.2, 0.25) is 0 Å². The maximum atomic E-state index is 6.54. The number of hydrogen-bond donors (Lipinski definition) is 0. The van der Waals surface area contributed by atoms with Crippen LogP contribution in [0.15, 0.2) is 446 Å². The molecule has 22 aromatic rings. The maximum absolute atomic E-state index is 6.54. The van der Waals surface area contributed by atoms with Gasteiger partial charge in [-0.25, -0.2) is 0 Å². The van der Waals surface area contributed by atoms with Crippen LogP contribution in [-0.2, 0) is 0 Å². The normalized spacial score (nSPS) is 11.6. The molecule has 0 saturated carbocycles. The lowest BCUT2D eigenvalue weighted by Gasteiger charge is -2.27. The van der Waals surface area contributed by atoms with Crippen molar-refractivity contribution in [2.45, 2.75) is 0 Å². The predicted molar refractivity (Wildman–Crippen MR) is 489 cm³/mol. The summed E-state index contributed by atoms with van der Waals surface area (Å²) in [4.78, 5) is 4.74. The molecule has 4 heteroatoms. The molecule has 0 aliphatic heterocycles. The van der Waals surface area contributed by atoms with Gasteiger partial charge in [-0.05, 0) is 235 Å². The molecule has 0 unspecified atom stereocenters. The van der Waals surface area contributed by atoms with Gasteiger partial charge >= 0.3 is 0 Å². The van der Waals surface area contributed by atoms with Crippen molar-refractivity contribution in [1.82, 2.24) is 0 Å². The molecular formula is C112H72N2O2. The predicted octanol–water partition coefficient (Wildman–Crippen LogP) is 32.0. The average Bonchev–Trinajstić information content (AvgIpc) is 1.66. The van der Waals surface area contributed by atoms with E-state index in [0.29, 0.717) is 0 Å².